The van der Waals surface area contributed by atoms with E-state index in [1.165, 1.54) is 12.1 Å². The third kappa shape index (κ3) is 3.58. The predicted octanol–water partition coefficient (Wildman–Crippen LogP) is 4.21. The van der Waals surface area contributed by atoms with Crippen LogP contribution in [-0.2, 0) is 6.54 Å². The first kappa shape index (κ1) is 19.7. The molecule has 0 saturated carbocycles. The van der Waals surface area contributed by atoms with E-state index in [4.69, 9.17) is 0 Å². The van der Waals surface area contributed by atoms with Crippen LogP contribution in [0.5, 0.6) is 0 Å². The van der Waals surface area contributed by atoms with Crippen LogP contribution in [0.25, 0.3) is 0 Å². The number of nitrogens with one attached hydrogen (secondary N) is 1. The number of hydrogen-bond donors (Lipinski definition) is 2. The van der Waals surface area contributed by atoms with E-state index in [-0.39, 0.29) is 36.5 Å². The quantitative estimate of drug-likeness (QED) is 0.669. The van der Waals surface area contributed by atoms with Crippen LogP contribution in [0, 0.1) is 5.82 Å². The fourth-order valence-corrected chi connectivity index (χ4v) is 4.91. The fourth-order valence-electron chi connectivity index (χ4n) is 4.91. The Morgan fingerprint density at radius 2 is 1.71 bits per heavy atom. The van der Waals surface area contributed by atoms with Gasteiger partial charge in [-0.3, -0.25) is 9.80 Å². The van der Waals surface area contributed by atoms with Gasteiger partial charge in [-0.05, 0) is 41.5 Å². The summed E-state index contributed by atoms with van der Waals surface area (Å²) in [6, 6.07) is 23.7. The number of aliphatic hydroxyl groups is 1. The maximum atomic E-state index is 13.3. The summed E-state index contributed by atoms with van der Waals surface area (Å²) in [4.78, 5) is 17.2. The van der Waals surface area contributed by atoms with E-state index < -0.39 is 0 Å². The van der Waals surface area contributed by atoms with Gasteiger partial charge in [0.2, 0.25) is 0 Å². The third-order valence-corrected chi connectivity index (χ3v) is 6.37. The zero-order chi connectivity index (χ0) is 21.4. The average molecular weight is 417 g/mol. The number of anilines is 2. The number of nitrogens with zero attached hydrogens (tertiary/aromatic N) is 2. The van der Waals surface area contributed by atoms with Gasteiger partial charge >= 0.3 is 6.03 Å². The van der Waals surface area contributed by atoms with Crippen LogP contribution in [0.3, 0.4) is 0 Å². The number of fused-ring (bicyclic) bond motifs is 3. The summed E-state index contributed by atoms with van der Waals surface area (Å²) in [5, 5.41) is 13.1. The van der Waals surface area contributed by atoms with Crippen LogP contribution in [-0.4, -0.2) is 41.3 Å². The number of carbonyl (C=O) groups is 1. The molecular formula is C25H24FN3O2. The van der Waals surface area contributed by atoms with Crippen molar-refractivity contribution in [3.8, 4) is 0 Å². The van der Waals surface area contributed by atoms with Gasteiger partial charge in [-0.2, -0.15) is 0 Å². The van der Waals surface area contributed by atoms with Crippen LogP contribution in [0.15, 0.2) is 78.9 Å². The minimum absolute atomic E-state index is 0.0319. The fraction of sp³-hybridized carbons (Fsp3) is 0.240. The molecule has 0 spiro atoms. The lowest BCUT2D eigenvalue weighted by molar-refractivity contribution is -0.0484. The second kappa shape index (κ2) is 8.13. The monoisotopic (exact) mass is 417 g/mol. The molecule has 2 heterocycles. The number of carbonyl (C=O) groups excluding carboxylic acids is 1. The molecule has 2 amide bonds. The molecule has 31 heavy (non-hydrogen) atoms. The molecule has 3 aromatic rings. The predicted molar refractivity (Wildman–Crippen MR) is 119 cm³/mol. The molecule has 1 fully saturated rings. The standard InChI is InChI=1S/C25H24FN3O2/c26-18-12-10-17(11-13-18)14-28-22-15-29(25(31)27-19-6-2-1-3-7-19)21-9-5-4-8-20(21)24(22)23(28)16-30/h1-13,22-24,30H,14-16H2,(H,27,31)/t22-,23-,24+/m1/s1. The van der Waals surface area contributed by atoms with E-state index in [0.717, 1.165) is 22.5 Å². The molecule has 0 radical (unpaired) electrons. The smallest absolute Gasteiger partial charge is 0.326 e. The largest absolute Gasteiger partial charge is 0.395 e. The van der Waals surface area contributed by atoms with E-state index in [1.54, 1.807) is 17.0 Å². The molecule has 0 aliphatic carbocycles. The van der Waals surface area contributed by atoms with Gasteiger partial charge < -0.3 is 10.4 Å². The van der Waals surface area contributed by atoms with Crippen molar-refractivity contribution in [1.82, 2.24) is 4.90 Å². The highest BCUT2D eigenvalue weighted by atomic mass is 19.1. The summed E-state index contributed by atoms with van der Waals surface area (Å²) in [7, 11) is 0. The molecule has 0 aromatic heterocycles. The van der Waals surface area contributed by atoms with Crippen molar-refractivity contribution in [3.63, 3.8) is 0 Å². The van der Waals surface area contributed by atoms with Gasteiger partial charge in [-0.15, -0.1) is 0 Å². The van der Waals surface area contributed by atoms with Gasteiger partial charge in [0.15, 0.2) is 0 Å². The first-order valence-corrected chi connectivity index (χ1v) is 10.5. The normalized spacial score (nSPS) is 22.3. The van der Waals surface area contributed by atoms with Crippen molar-refractivity contribution in [2.24, 2.45) is 0 Å². The van der Waals surface area contributed by atoms with E-state index >= 15 is 0 Å². The van der Waals surface area contributed by atoms with Crippen LogP contribution in [0.1, 0.15) is 17.0 Å². The van der Waals surface area contributed by atoms with Gasteiger partial charge in [0, 0.05) is 42.5 Å². The molecule has 0 unspecified atom stereocenters. The lowest BCUT2D eigenvalue weighted by Crippen LogP contribution is -2.69. The molecule has 2 aliphatic heterocycles. The van der Waals surface area contributed by atoms with E-state index in [0.29, 0.717) is 13.1 Å². The Morgan fingerprint density at radius 3 is 2.45 bits per heavy atom. The van der Waals surface area contributed by atoms with E-state index in [2.05, 4.69) is 10.2 Å². The van der Waals surface area contributed by atoms with Gasteiger partial charge in [-0.25, -0.2) is 9.18 Å². The minimum atomic E-state index is -0.265. The number of benzene rings is 3. The molecule has 158 valence electrons. The van der Waals surface area contributed by atoms with E-state index in [1.807, 2.05) is 54.6 Å². The second-order valence-electron chi connectivity index (χ2n) is 8.11. The van der Waals surface area contributed by atoms with Crippen molar-refractivity contribution in [1.29, 1.82) is 0 Å². The summed E-state index contributed by atoms with van der Waals surface area (Å²) in [6.45, 7) is 1.16. The number of halogens is 1. The maximum absolute atomic E-state index is 13.3. The van der Waals surface area contributed by atoms with Crippen molar-refractivity contribution < 1.29 is 14.3 Å². The number of likely N-dealkylation sites (tertiary alicyclic amines) is 1. The molecule has 2 N–H and O–H groups in total. The second-order valence-corrected chi connectivity index (χ2v) is 8.11. The zero-order valence-corrected chi connectivity index (χ0v) is 17.0. The average Bonchev–Trinajstić information content (AvgIpc) is 2.79. The summed E-state index contributed by atoms with van der Waals surface area (Å²) >= 11 is 0. The number of hydrogen-bond acceptors (Lipinski definition) is 3. The Labute approximate surface area is 180 Å². The third-order valence-electron chi connectivity index (χ3n) is 6.37. The highest BCUT2D eigenvalue weighted by molar-refractivity contribution is 6.02. The topological polar surface area (TPSA) is 55.8 Å². The van der Waals surface area contributed by atoms with Crippen LogP contribution in [0.2, 0.25) is 0 Å². The molecule has 2 aliphatic rings. The van der Waals surface area contributed by atoms with Gasteiger partial charge in [0.1, 0.15) is 5.82 Å². The van der Waals surface area contributed by atoms with Crippen LogP contribution >= 0.6 is 0 Å². The zero-order valence-electron chi connectivity index (χ0n) is 17.0. The van der Waals surface area contributed by atoms with Crippen LogP contribution in [0.4, 0.5) is 20.6 Å². The first-order valence-electron chi connectivity index (χ1n) is 10.5. The minimum Gasteiger partial charge on any atom is -0.395 e. The molecule has 3 aromatic carbocycles. The number of rotatable bonds is 4. The van der Waals surface area contributed by atoms with Crippen molar-refractivity contribution in [3.05, 3.63) is 95.8 Å². The summed E-state index contributed by atoms with van der Waals surface area (Å²) in [5.74, 6) is -0.110. The van der Waals surface area contributed by atoms with Gasteiger partial charge in [-0.1, -0.05) is 48.5 Å². The molecule has 5 rings (SSSR count). The molecule has 5 nitrogen and oxygen atoms in total. The molecular weight excluding hydrogens is 393 g/mol. The summed E-state index contributed by atoms with van der Waals surface area (Å²) < 4.78 is 13.3. The number of para-hydroxylation sites is 2. The Bertz CT molecular complexity index is 1070. The lowest BCUT2D eigenvalue weighted by atomic mass is 9.72. The number of amides is 2. The molecule has 6 heteroatoms. The Kier molecular flexibility index (Phi) is 5.18. The van der Waals surface area contributed by atoms with Crippen molar-refractivity contribution >= 4 is 17.4 Å². The molecule has 1 saturated heterocycles. The van der Waals surface area contributed by atoms with Gasteiger partial charge in [0.05, 0.1) is 6.61 Å². The number of urea groups is 1. The van der Waals surface area contributed by atoms with Crippen LogP contribution < -0.4 is 10.2 Å². The Hall–Kier alpha value is -3.22. The maximum Gasteiger partial charge on any atom is 0.326 e. The number of aliphatic hydroxyl groups excluding tert-OH is 1. The molecule has 3 atom stereocenters. The highest BCUT2D eigenvalue weighted by Gasteiger charge is 2.53. The van der Waals surface area contributed by atoms with Crippen molar-refractivity contribution in [2.75, 3.05) is 23.4 Å². The Balaban J connectivity index is 1.43. The van der Waals surface area contributed by atoms with Crippen molar-refractivity contribution in [2.45, 2.75) is 24.5 Å². The summed E-state index contributed by atoms with van der Waals surface area (Å²) in [5.41, 5.74) is 3.70. The first-order chi connectivity index (χ1) is 15.2. The van der Waals surface area contributed by atoms with Gasteiger partial charge in [0.25, 0.3) is 0 Å². The Morgan fingerprint density at radius 1 is 1.00 bits per heavy atom. The summed E-state index contributed by atoms with van der Waals surface area (Å²) in [6.07, 6.45) is 0. The lowest BCUT2D eigenvalue weighted by Gasteiger charge is -2.59. The molecule has 0 bridgehead atoms. The van der Waals surface area contributed by atoms with E-state index in [9.17, 15) is 14.3 Å². The SMILES string of the molecule is O=C(Nc1ccccc1)N1C[C@@H]2[C@H](c3ccccc31)[C@@H](CO)N2Cc1ccc(F)cc1. The highest BCUT2D eigenvalue weighted by Crippen LogP contribution is 2.48.